The molecule has 1 fully saturated rings. The molecule has 0 unspecified atom stereocenters. The number of aromatic nitrogens is 1. The fourth-order valence-electron chi connectivity index (χ4n) is 4.71. The van der Waals surface area contributed by atoms with Crippen LogP contribution in [0.15, 0.2) is 48.5 Å². The maximum absolute atomic E-state index is 3.99. The molecular formula is C21H22N2. The first-order valence-electron chi connectivity index (χ1n) is 8.82. The molecule has 1 aliphatic carbocycles. The van der Waals surface area contributed by atoms with Crippen molar-refractivity contribution in [1.82, 2.24) is 4.98 Å². The van der Waals surface area contributed by atoms with E-state index in [4.69, 9.17) is 0 Å². The van der Waals surface area contributed by atoms with Crippen LogP contribution in [0.4, 0.5) is 5.69 Å². The van der Waals surface area contributed by atoms with Crippen LogP contribution in [-0.4, -0.2) is 4.98 Å². The van der Waals surface area contributed by atoms with Crippen molar-refractivity contribution in [2.45, 2.75) is 44.1 Å². The van der Waals surface area contributed by atoms with Crippen molar-refractivity contribution in [3.8, 4) is 0 Å². The molecule has 0 radical (unpaired) electrons. The average molecular weight is 302 g/mol. The Kier molecular flexibility index (Phi) is 2.81. The molecule has 0 amide bonds. The Morgan fingerprint density at radius 1 is 0.826 bits per heavy atom. The Labute approximate surface area is 136 Å². The van der Waals surface area contributed by atoms with Gasteiger partial charge in [-0.2, -0.15) is 0 Å². The zero-order chi connectivity index (χ0) is 15.3. The number of benzene rings is 2. The van der Waals surface area contributed by atoms with E-state index in [9.17, 15) is 0 Å². The summed E-state index contributed by atoms with van der Waals surface area (Å²) >= 11 is 0. The predicted molar refractivity (Wildman–Crippen MR) is 95.9 cm³/mol. The van der Waals surface area contributed by atoms with Crippen LogP contribution in [0.2, 0.25) is 0 Å². The molecule has 2 aliphatic rings. The van der Waals surface area contributed by atoms with E-state index in [1.807, 2.05) is 0 Å². The molecule has 0 saturated heterocycles. The highest BCUT2D eigenvalue weighted by molar-refractivity contribution is 5.87. The summed E-state index contributed by atoms with van der Waals surface area (Å²) in [6.45, 7) is 0. The van der Waals surface area contributed by atoms with Gasteiger partial charge in [-0.25, -0.2) is 0 Å². The quantitative estimate of drug-likeness (QED) is 0.576. The monoisotopic (exact) mass is 302 g/mol. The molecule has 0 bridgehead atoms. The molecule has 1 saturated carbocycles. The lowest BCUT2D eigenvalue weighted by Crippen LogP contribution is -2.37. The first-order chi connectivity index (χ1) is 11.4. The zero-order valence-electron chi connectivity index (χ0n) is 13.4. The van der Waals surface area contributed by atoms with Crippen LogP contribution in [0.3, 0.4) is 0 Å². The summed E-state index contributed by atoms with van der Waals surface area (Å²) in [5.74, 6) is 0. The smallest absolute Gasteiger partial charge is 0.0649 e. The number of hydrogen-bond donors (Lipinski definition) is 2. The second-order valence-corrected chi connectivity index (χ2v) is 7.13. The minimum absolute atomic E-state index is 0.0970. The molecule has 2 N–H and O–H groups in total. The lowest BCUT2D eigenvalue weighted by Gasteiger charge is -2.39. The second-order valence-electron chi connectivity index (χ2n) is 7.13. The number of fused-ring (bicyclic) bond motifs is 5. The summed E-state index contributed by atoms with van der Waals surface area (Å²) in [5, 5.41) is 5.40. The van der Waals surface area contributed by atoms with E-state index >= 15 is 0 Å². The maximum Gasteiger partial charge on any atom is 0.0649 e. The molecule has 5 rings (SSSR count). The van der Waals surface area contributed by atoms with Crippen LogP contribution in [0.5, 0.6) is 0 Å². The third-order valence-corrected chi connectivity index (χ3v) is 5.73. The normalized spacial score (nSPS) is 19.0. The summed E-state index contributed by atoms with van der Waals surface area (Å²) in [6, 6.07) is 17.6. The molecule has 2 aromatic carbocycles. The van der Waals surface area contributed by atoms with Gasteiger partial charge in [-0.1, -0.05) is 55.7 Å². The first kappa shape index (κ1) is 13.2. The topological polar surface area (TPSA) is 27.8 Å². The Balaban J connectivity index is 1.80. The molecule has 2 heteroatoms. The largest absolute Gasteiger partial charge is 0.375 e. The summed E-state index contributed by atoms with van der Waals surface area (Å²) in [5.41, 5.74) is 7.05. The van der Waals surface area contributed by atoms with Crippen LogP contribution >= 0.6 is 0 Å². The van der Waals surface area contributed by atoms with E-state index in [-0.39, 0.29) is 5.54 Å². The molecule has 2 nitrogen and oxygen atoms in total. The number of para-hydroxylation sites is 2. The van der Waals surface area contributed by atoms with Crippen LogP contribution in [0.1, 0.15) is 48.9 Å². The number of hydrogen-bond acceptors (Lipinski definition) is 1. The van der Waals surface area contributed by atoms with E-state index in [0.29, 0.717) is 0 Å². The summed E-state index contributed by atoms with van der Waals surface area (Å²) in [4.78, 5) is 3.73. The van der Waals surface area contributed by atoms with Gasteiger partial charge in [0.05, 0.1) is 5.54 Å². The van der Waals surface area contributed by atoms with Gasteiger partial charge in [-0.15, -0.1) is 0 Å². The molecular weight excluding hydrogens is 280 g/mol. The highest BCUT2D eigenvalue weighted by Crippen LogP contribution is 2.47. The number of anilines is 1. The van der Waals surface area contributed by atoms with Crippen molar-refractivity contribution < 1.29 is 0 Å². The van der Waals surface area contributed by atoms with Crippen molar-refractivity contribution in [2.75, 3.05) is 5.32 Å². The minimum atomic E-state index is 0.0970. The molecule has 116 valence electrons. The number of rotatable bonds is 0. The summed E-state index contributed by atoms with van der Waals surface area (Å²) < 4.78 is 0. The second kappa shape index (κ2) is 4.89. The molecule has 1 spiro atoms. The van der Waals surface area contributed by atoms with E-state index in [0.717, 1.165) is 6.42 Å². The van der Waals surface area contributed by atoms with Crippen molar-refractivity contribution in [3.63, 3.8) is 0 Å². The van der Waals surface area contributed by atoms with E-state index in [1.165, 1.54) is 65.5 Å². The Bertz CT molecular complexity index is 868. The number of aromatic amines is 1. The van der Waals surface area contributed by atoms with Gasteiger partial charge in [-0.3, -0.25) is 0 Å². The minimum Gasteiger partial charge on any atom is -0.375 e. The van der Waals surface area contributed by atoms with Crippen LogP contribution in [0, 0.1) is 0 Å². The standard InChI is InChI=1S/C21H22N2/c1-6-12-21(13-7-1)20-16-9-3-5-11-18(16)22-19(20)14-15-8-2-4-10-17(15)23-21/h2-5,8-11,22-23H,1,6-7,12-14H2. The molecule has 2 heterocycles. The van der Waals surface area contributed by atoms with Crippen molar-refractivity contribution in [2.24, 2.45) is 0 Å². The third kappa shape index (κ3) is 1.94. The highest BCUT2D eigenvalue weighted by atomic mass is 15.0. The van der Waals surface area contributed by atoms with Gasteiger partial charge in [0.2, 0.25) is 0 Å². The lowest BCUT2D eigenvalue weighted by molar-refractivity contribution is 0.332. The van der Waals surface area contributed by atoms with E-state index in [1.54, 1.807) is 0 Å². The van der Waals surface area contributed by atoms with Crippen LogP contribution < -0.4 is 5.32 Å². The summed E-state index contributed by atoms with van der Waals surface area (Å²) in [7, 11) is 0. The van der Waals surface area contributed by atoms with E-state index < -0.39 is 0 Å². The van der Waals surface area contributed by atoms with Gasteiger partial charge in [0.15, 0.2) is 0 Å². The van der Waals surface area contributed by atoms with Crippen molar-refractivity contribution in [1.29, 1.82) is 0 Å². The Morgan fingerprint density at radius 3 is 2.52 bits per heavy atom. The predicted octanol–water partition coefficient (Wildman–Crippen LogP) is 5.34. The SMILES string of the molecule is c1ccc2c(c1)Cc1[nH]c3ccccc3c1C1(CCCCC1)N2. The Hall–Kier alpha value is -2.22. The maximum atomic E-state index is 3.99. The molecule has 0 atom stereocenters. The molecule has 1 aromatic heterocycles. The van der Waals surface area contributed by atoms with Crippen molar-refractivity contribution in [3.05, 3.63) is 65.4 Å². The van der Waals surface area contributed by atoms with Crippen molar-refractivity contribution >= 4 is 16.6 Å². The lowest BCUT2D eigenvalue weighted by atomic mass is 9.75. The average Bonchev–Trinajstić information content (AvgIpc) is 2.90. The fourth-order valence-corrected chi connectivity index (χ4v) is 4.71. The zero-order valence-corrected chi connectivity index (χ0v) is 13.4. The summed E-state index contributed by atoms with van der Waals surface area (Å²) in [6.07, 6.45) is 7.45. The van der Waals surface area contributed by atoms with Gasteiger partial charge in [0.25, 0.3) is 0 Å². The molecule has 1 aliphatic heterocycles. The number of nitrogens with one attached hydrogen (secondary N) is 2. The third-order valence-electron chi connectivity index (χ3n) is 5.73. The van der Waals surface area contributed by atoms with Crippen LogP contribution in [0.25, 0.3) is 10.9 Å². The first-order valence-corrected chi connectivity index (χ1v) is 8.82. The van der Waals surface area contributed by atoms with Gasteiger partial charge in [0, 0.05) is 34.3 Å². The van der Waals surface area contributed by atoms with Gasteiger partial charge in [0.1, 0.15) is 0 Å². The fraction of sp³-hybridized carbons (Fsp3) is 0.333. The molecule has 3 aromatic rings. The molecule has 23 heavy (non-hydrogen) atoms. The number of H-pyrrole nitrogens is 1. The van der Waals surface area contributed by atoms with Gasteiger partial charge in [-0.05, 0) is 30.5 Å². The van der Waals surface area contributed by atoms with Gasteiger partial charge < -0.3 is 10.3 Å². The Morgan fingerprint density at radius 2 is 1.61 bits per heavy atom. The van der Waals surface area contributed by atoms with Crippen LogP contribution in [-0.2, 0) is 12.0 Å². The van der Waals surface area contributed by atoms with E-state index in [2.05, 4.69) is 58.8 Å². The highest BCUT2D eigenvalue weighted by Gasteiger charge is 2.39. The van der Waals surface area contributed by atoms with Gasteiger partial charge >= 0.3 is 0 Å².